The lowest BCUT2D eigenvalue weighted by molar-refractivity contribution is -0.169. The van der Waals surface area contributed by atoms with E-state index in [0.717, 1.165) is 6.54 Å². The quantitative estimate of drug-likeness (QED) is 0.812. The fourth-order valence-electron chi connectivity index (χ4n) is 3.35. The molecule has 124 valence electrons. The molecule has 0 amide bonds. The Bertz CT molecular complexity index is 747. The lowest BCUT2D eigenvalue weighted by Gasteiger charge is -2.41. The van der Waals surface area contributed by atoms with Crippen molar-refractivity contribution in [2.24, 2.45) is 0 Å². The highest BCUT2D eigenvalue weighted by Crippen LogP contribution is 2.27. The molecule has 2 aromatic carbocycles. The predicted molar refractivity (Wildman–Crippen MR) is 86.1 cm³/mol. The number of carbonyl (C=O) groups is 1. The molecule has 2 heterocycles. The number of cyclic esters (lactones) is 1. The number of halogens is 1. The largest absolute Gasteiger partial charge is 0.490 e. The minimum atomic E-state index is -0.316. The Morgan fingerprint density at radius 3 is 2.67 bits per heavy atom. The maximum atomic E-state index is 12.9. The van der Waals surface area contributed by atoms with Gasteiger partial charge in [-0.2, -0.15) is 0 Å². The van der Waals surface area contributed by atoms with Crippen molar-refractivity contribution in [1.82, 2.24) is 4.90 Å². The minimum Gasteiger partial charge on any atom is -0.490 e. The number of morpholine rings is 1. The molecule has 0 unspecified atom stereocenters. The highest BCUT2D eigenvalue weighted by molar-refractivity contribution is 5.77. The molecule has 4 rings (SSSR count). The smallest absolute Gasteiger partial charge is 0.324 e. The number of hydrogen-bond donors (Lipinski definition) is 0. The first-order valence-corrected chi connectivity index (χ1v) is 8.09. The molecule has 0 radical (unpaired) electrons. The molecule has 2 aromatic rings. The summed E-state index contributed by atoms with van der Waals surface area (Å²) in [5, 5.41) is 0. The first kappa shape index (κ1) is 15.1. The molecule has 2 aliphatic heterocycles. The first-order valence-electron chi connectivity index (χ1n) is 8.09. The molecular weight excluding hydrogens is 309 g/mol. The third-order valence-electron chi connectivity index (χ3n) is 4.59. The molecule has 2 aliphatic rings. The summed E-state index contributed by atoms with van der Waals surface area (Å²) in [5.74, 6) is 0.0725. The molecule has 0 N–H and O–H groups in total. The van der Waals surface area contributed by atoms with Gasteiger partial charge in [0.25, 0.3) is 0 Å². The zero-order valence-corrected chi connectivity index (χ0v) is 13.2. The molecule has 0 saturated carbocycles. The van der Waals surface area contributed by atoms with E-state index in [1.807, 2.05) is 12.1 Å². The molecule has 0 aliphatic carbocycles. The van der Waals surface area contributed by atoms with Crippen molar-refractivity contribution in [1.29, 1.82) is 0 Å². The van der Waals surface area contributed by atoms with Gasteiger partial charge in [-0.1, -0.05) is 24.3 Å². The van der Waals surface area contributed by atoms with Crippen molar-refractivity contribution >= 4 is 5.97 Å². The number of fused-ring (bicyclic) bond motifs is 2. The van der Waals surface area contributed by atoms with Crippen LogP contribution in [0.5, 0.6) is 5.75 Å². The Hall–Kier alpha value is -2.40. The number of ether oxygens (including phenoxy) is 2. The summed E-state index contributed by atoms with van der Waals surface area (Å²) >= 11 is 0. The van der Waals surface area contributed by atoms with Gasteiger partial charge in [-0.25, -0.2) is 4.39 Å². The third-order valence-corrected chi connectivity index (χ3v) is 4.59. The zero-order valence-electron chi connectivity index (χ0n) is 13.2. The highest BCUT2D eigenvalue weighted by Gasteiger charge is 2.39. The summed E-state index contributed by atoms with van der Waals surface area (Å²) < 4.78 is 24.1. The van der Waals surface area contributed by atoms with Gasteiger partial charge in [-0.05, 0) is 41.8 Å². The fraction of sp³-hybridized carbons (Fsp3) is 0.316. The maximum Gasteiger partial charge on any atom is 0.324 e. The minimum absolute atomic E-state index is 0.191. The van der Waals surface area contributed by atoms with Crippen molar-refractivity contribution in [3.05, 3.63) is 65.5 Å². The van der Waals surface area contributed by atoms with Crippen LogP contribution in [0.4, 0.5) is 4.39 Å². The van der Waals surface area contributed by atoms with Crippen LogP contribution < -0.4 is 4.74 Å². The summed E-state index contributed by atoms with van der Waals surface area (Å²) in [6.07, 6.45) is 0.379. The van der Waals surface area contributed by atoms with E-state index in [-0.39, 0.29) is 30.5 Å². The number of esters is 1. The van der Waals surface area contributed by atoms with Gasteiger partial charge < -0.3 is 9.47 Å². The highest BCUT2D eigenvalue weighted by atomic mass is 19.1. The van der Waals surface area contributed by atoms with E-state index in [2.05, 4.69) is 17.0 Å². The molecular formula is C19H18FNO3. The lowest BCUT2D eigenvalue weighted by atomic mass is 9.93. The Morgan fingerprint density at radius 2 is 1.88 bits per heavy atom. The van der Waals surface area contributed by atoms with Crippen molar-refractivity contribution in [3.63, 3.8) is 0 Å². The molecule has 24 heavy (non-hydrogen) atoms. The van der Waals surface area contributed by atoms with E-state index in [9.17, 15) is 9.18 Å². The molecule has 0 aromatic heterocycles. The van der Waals surface area contributed by atoms with Crippen molar-refractivity contribution in [3.8, 4) is 5.75 Å². The first-order chi connectivity index (χ1) is 11.7. The molecule has 1 fully saturated rings. The SMILES string of the molecule is O=C1O[C@@H](COc2ccc(F)cc2)CN2Cc3ccccc3C[C@@H]12. The summed E-state index contributed by atoms with van der Waals surface area (Å²) in [5.41, 5.74) is 2.48. The Labute approximate surface area is 139 Å². The maximum absolute atomic E-state index is 12.9. The second-order valence-corrected chi connectivity index (χ2v) is 6.24. The molecule has 2 atom stereocenters. The second kappa shape index (κ2) is 6.24. The molecule has 4 nitrogen and oxygen atoms in total. The van der Waals surface area contributed by atoms with Crippen LogP contribution in [0.3, 0.4) is 0 Å². The van der Waals surface area contributed by atoms with Crippen LogP contribution in [0.1, 0.15) is 11.1 Å². The Morgan fingerprint density at radius 1 is 1.12 bits per heavy atom. The van der Waals surface area contributed by atoms with Gasteiger partial charge in [0.2, 0.25) is 0 Å². The number of hydrogen-bond acceptors (Lipinski definition) is 4. The predicted octanol–water partition coefficient (Wildman–Crippen LogP) is 2.56. The van der Waals surface area contributed by atoms with Crippen LogP contribution in [-0.2, 0) is 22.5 Å². The lowest BCUT2D eigenvalue weighted by Crippen LogP contribution is -2.56. The summed E-state index contributed by atoms with van der Waals surface area (Å²) in [7, 11) is 0. The molecule has 5 heteroatoms. The van der Waals surface area contributed by atoms with Crippen LogP contribution in [0.15, 0.2) is 48.5 Å². The topological polar surface area (TPSA) is 38.8 Å². The summed E-state index contributed by atoms with van der Waals surface area (Å²) in [6, 6.07) is 13.8. The van der Waals surface area contributed by atoms with Crippen molar-refractivity contribution in [2.75, 3.05) is 13.2 Å². The monoisotopic (exact) mass is 327 g/mol. The standard InChI is InChI=1S/C19H18FNO3/c20-15-5-7-16(8-6-15)23-12-17-11-21-10-14-4-2-1-3-13(14)9-18(21)19(22)24-17/h1-8,17-18H,9-12H2/t17-,18+/m1/s1. The van der Waals surface area contributed by atoms with Gasteiger partial charge in [-0.15, -0.1) is 0 Å². The number of carbonyl (C=O) groups excluding carboxylic acids is 1. The van der Waals surface area contributed by atoms with Gasteiger partial charge in [0.05, 0.1) is 0 Å². The second-order valence-electron chi connectivity index (χ2n) is 6.24. The van der Waals surface area contributed by atoms with E-state index < -0.39 is 0 Å². The number of benzene rings is 2. The van der Waals surface area contributed by atoms with Gasteiger partial charge in [-0.3, -0.25) is 9.69 Å². The molecule has 1 saturated heterocycles. The van der Waals surface area contributed by atoms with Crippen molar-refractivity contribution in [2.45, 2.75) is 25.1 Å². The van der Waals surface area contributed by atoms with Gasteiger partial charge in [0.15, 0.2) is 0 Å². The summed E-state index contributed by atoms with van der Waals surface area (Å²) in [6.45, 7) is 1.66. The summed E-state index contributed by atoms with van der Waals surface area (Å²) in [4.78, 5) is 14.5. The fourth-order valence-corrected chi connectivity index (χ4v) is 3.35. The Kier molecular flexibility index (Phi) is 3.94. The van der Waals surface area contributed by atoms with Gasteiger partial charge >= 0.3 is 5.97 Å². The molecule has 0 spiro atoms. The average Bonchev–Trinajstić information content (AvgIpc) is 2.60. The van der Waals surface area contributed by atoms with Crippen LogP contribution in [0, 0.1) is 5.82 Å². The van der Waals surface area contributed by atoms with Gasteiger partial charge in [0, 0.05) is 13.1 Å². The van der Waals surface area contributed by atoms with Gasteiger partial charge in [0.1, 0.15) is 30.3 Å². The van der Waals surface area contributed by atoms with E-state index in [0.29, 0.717) is 18.7 Å². The number of nitrogens with zero attached hydrogens (tertiary/aromatic N) is 1. The zero-order chi connectivity index (χ0) is 16.5. The average molecular weight is 327 g/mol. The Balaban J connectivity index is 1.42. The van der Waals surface area contributed by atoms with Crippen LogP contribution >= 0.6 is 0 Å². The number of rotatable bonds is 3. The molecule has 0 bridgehead atoms. The third kappa shape index (κ3) is 2.99. The van der Waals surface area contributed by atoms with Crippen LogP contribution in [0.25, 0.3) is 0 Å². The van der Waals surface area contributed by atoms with E-state index in [1.165, 1.54) is 23.3 Å². The van der Waals surface area contributed by atoms with E-state index in [1.54, 1.807) is 12.1 Å². The van der Waals surface area contributed by atoms with E-state index in [4.69, 9.17) is 9.47 Å². The normalized spacial score (nSPS) is 23.1. The van der Waals surface area contributed by atoms with Crippen LogP contribution in [0.2, 0.25) is 0 Å². The van der Waals surface area contributed by atoms with E-state index >= 15 is 0 Å². The van der Waals surface area contributed by atoms with Crippen molar-refractivity contribution < 1.29 is 18.7 Å². The van der Waals surface area contributed by atoms with Crippen LogP contribution in [-0.4, -0.2) is 36.2 Å².